The van der Waals surface area contributed by atoms with Crippen molar-refractivity contribution in [2.24, 2.45) is 0 Å². The van der Waals surface area contributed by atoms with Gasteiger partial charge in [-0.3, -0.25) is 14.4 Å². The minimum Gasteiger partial charge on any atom is -0.321 e. The molecule has 4 aromatic rings. The number of nitrogens with zero attached hydrogens (tertiary/aromatic N) is 1. The summed E-state index contributed by atoms with van der Waals surface area (Å²) in [4.78, 5) is 43.3. The lowest BCUT2D eigenvalue weighted by Gasteiger charge is -2.13. The Bertz CT molecular complexity index is 1460. The fourth-order valence-electron chi connectivity index (χ4n) is 3.47. The molecule has 3 N–H and O–H groups in total. The van der Waals surface area contributed by atoms with Crippen LogP contribution < -0.4 is 16.0 Å². The lowest BCUT2D eigenvalue weighted by molar-refractivity contribution is -0.114. The molecule has 0 aliphatic rings. The van der Waals surface area contributed by atoms with Crippen molar-refractivity contribution in [2.45, 2.75) is 11.8 Å². The number of rotatable bonds is 9. The van der Waals surface area contributed by atoms with Crippen molar-refractivity contribution in [1.82, 2.24) is 10.3 Å². The molecular formula is C30H26N4O3S. The quantitative estimate of drug-likeness (QED) is 0.198. The summed E-state index contributed by atoms with van der Waals surface area (Å²) < 4.78 is 0. The van der Waals surface area contributed by atoms with Gasteiger partial charge in [0.2, 0.25) is 5.91 Å². The van der Waals surface area contributed by atoms with Crippen molar-refractivity contribution < 1.29 is 14.4 Å². The number of pyridine rings is 1. The molecular weight excluding hydrogens is 496 g/mol. The van der Waals surface area contributed by atoms with E-state index in [1.165, 1.54) is 11.8 Å². The number of carbonyl (C=O) groups excluding carboxylic acids is 3. The maximum atomic E-state index is 13.3. The predicted octanol–water partition coefficient (Wildman–Crippen LogP) is 5.53. The molecule has 0 aliphatic carbocycles. The van der Waals surface area contributed by atoms with Gasteiger partial charge in [0, 0.05) is 22.3 Å². The number of hydrogen-bond acceptors (Lipinski definition) is 5. The molecule has 0 spiro atoms. The van der Waals surface area contributed by atoms with E-state index in [4.69, 9.17) is 0 Å². The molecule has 1 aromatic heterocycles. The van der Waals surface area contributed by atoms with Gasteiger partial charge in [-0.05, 0) is 66.6 Å². The van der Waals surface area contributed by atoms with Gasteiger partial charge < -0.3 is 16.0 Å². The fourth-order valence-corrected chi connectivity index (χ4v) is 4.23. The van der Waals surface area contributed by atoms with Crippen LogP contribution in [0.3, 0.4) is 0 Å². The largest absolute Gasteiger partial charge is 0.321 e. The SMILES string of the molecule is Cc1ccccc1/C=C(\NC(=O)c1ccccc1)C(=O)Nc1cccc(SCC(=O)Nc2ccccn2)c1. The molecule has 0 unspecified atom stereocenters. The van der Waals surface area contributed by atoms with E-state index in [-0.39, 0.29) is 23.3 Å². The first kappa shape index (κ1) is 26.4. The summed E-state index contributed by atoms with van der Waals surface area (Å²) in [5.41, 5.74) is 2.87. The first-order valence-corrected chi connectivity index (χ1v) is 12.9. The summed E-state index contributed by atoms with van der Waals surface area (Å²) in [6.07, 6.45) is 3.27. The molecule has 3 amide bonds. The van der Waals surface area contributed by atoms with Crippen LogP contribution in [-0.4, -0.2) is 28.5 Å². The number of carbonyl (C=O) groups is 3. The van der Waals surface area contributed by atoms with Gasteiger partial charge in [0.15, 0.2) is 0 Å². The number of nitrogens with one attached hydrogen (secondary N) is 3. The molecule has 0 saturated heterocycles. The van der Waals surface area contributed by atoms with Crippen LogP contribution >= 0.6 is 11.8 Å². The highest BCUT2D eigenvalue weighted by atomic mass is 32.2. The molecule has 7 nitrogen and oxygen atoms in total. The smallest absolute Gasteiger partial charge is 0.272 e. The second kappa shape index (κ2) is 13.0. The predicted molar refractivity (Wildman–Crippen MR) is 152 cm³/mol. The number of hydrogen-bond donors (Lipinski definition) is 3. The second-order valence-electron chi connectivity index (χ2n) is 8.27. The summed E-state index contributed by atoms with van der Waals surface area (Å²) in [7, 11) is 0. The zero-order valence-corrected chi connectivity index (χ0v) is 21.5. The second-order valence-corrected chi connectivity index (χ2v) is 9.32. The fraction of sp³-hybridized carbons (Fsp3) is 0.0667. The Morgan fingerprint density at radius 1 is 0.842 bits per heavy atom. The molecule has 3 aromatic carbocycles. The molecule has 38 heavy (non-hydrogen) atoms. The standard InChI is InChI=1S/C30H26N4O3S/c1-21-10-5-6-13-23(21)18-26(33-29(36)22-11-3-2-4-12-22)30(37)32-24-14-9-15-25(19-24)38-20-28(35)34-27-16-7-8-17-31-27/h2-19H,20H2,1H3,(H,32,37)(H,33,36)(H,31,34,35)/b26-18-. The zero-order chi connectivity index (χ0) is 26.7. The monoisotopic (exact) mass is 522 g/mol. The van der Waals surface area contributed by atoms with Gasteiger partial charge in [-0.15, -0.1) is 11.8 Å². The third-order valence-electron chi connectivity index (χ3n) is 5.41. The van der Waals surface area contributed by atoms with Gasteiger partial charge in [0.05, 0.1) is 5.75 Å². The van der Waals surface area contributed by atoms with Gasteiger partial charge in [0.1, 0.15) is 11.5 Å². The van der Waals surface area contributed by atoms with Crippen molar-refractivity contribution >= 4 is 47.1 Å². The van der Waals surface area contributed by atoms with E-state index < -0.39 is 5.91 Å². The normalized spacial score (nSPS) is 10.9. The van der Waals surface area contributed by atoms with Crippen LogP contribution in [0.15, 0.2) is 114 Å². The van der Waals surface area contributed by atoms with Crippen LogP contribution in [0, 0.1) is 6.92 Å². The Morgan fingerprint density at radius 3 is 2.37 bits per heavy atom. The highest BCUT2D eigenvalue weighted by Gasteiger charge is 2.16. The summed E-state index contributed by atoms with van der Waals surface area (Å²) >= 11 is 1.33. The Morgan fingerprint density at radius 2 is 1.61 bits per heavy atom. The average molecular weight is 523 g/mol. The minimum absolute atomic E-state index is 0.112. The molecule has 0 atom stereocenters. The Kier molecular flexibility index (Phi) is 9.04. The molecule has 0 aliphatic heterocycles. The van der Waals surface area contributed by atoms with E-state index in [0.29, 0.717) is 17.1 Å². The van der Waals surface area contributed by atoms with Crippen molar-refractivity contribution in [3.8, 4) is 0 Å². The van der Waals surface area contributed by atoms with Crippen molar-refractivity contribution in [1.29, 1.82) is 0 Å². The Hall–Kier alpha value is -4.69. The van der Waals surface area contributed by atoms with E-state index >= 15 is 0 Å². The summed E-state index contributed by atoms with van der Waals surface area (Å²) in [6, 6.07) is 28.8. The third kappa shape index (κ3) is 7.65. The van der Waals surface area contributed by atoms with E-state index in [2.05, 4.69) is 20.9 Å². The number of anilines is 2. The van der Waals surface area contributed by atoms with Crippen molar-refractivity contribution in [3.05, 3.63) is 126 Å². The summed E-state index contributed by atoms with van der Waals surface area (Å²) in [5.74, 6) is -0.365. The lowest BCUT2D eigenvalue weighted by atomic mass is 10.1. The van der Waals surface area contributed by atoms with Crippen LogP contribution in [0.2, 0.25) is 0 Å². The van der Waals surface area contributed by atoms with E-state index in [9.17, 15) is 14.4 Å². The van der Waals surface area contributed by atoms with E-state index in [1.807, 2.05) is 43.3 Å². The highest BCUT2D eigenvalue weighted by molar-refractivity contribution is 8.00. The first-order valence-electron chi connectivity index (χ1n) is 11.9. The average Bonchev–Trinajstić information content (AvgIpc) is 2.94. The van der Waals surface area contributed by atoms with Crippen LogP contribution in [0.4, 0.5) is 11.5 Å². The molecule has 0 saturated carbocycles. The minimum atomic E-state index is -0.465. The van der Waals surface area contributed by atoms with E-state index in [1.54, 1.807) is 72.9 Å². The zero-order valence-electron chi connectivity index (χ0n) is 20.7. The molecule has 0 bridgehead atoms. The first-order chi connectivity index (χ1) is 18.5. The van der Waals surface area contributed by atoms with Crippen LogP contribution in [0.25, 0.3) is 6.08 Å². The molecule has 1 heterocycles. The van der Waals surface area contributed by atoms with E-state index in [0.717, 1.165) is 16.0 Å². The number of benzene rings is 3. The topological polar surface area (TPSA) is 100 Å². The molecule has 190 valence electrons. The maximum absolute atomic E-state index is 13.3. The molecule has 0 fully saturated rings. The van der Waals surface area contributed by atoms with Crippen LogP contribution in [0.1, 0.15) is 21.5 Å². The Labute approximate surface area is 225 Å². The van der Waals surface area contributed by atoms with Gasteiger partial charge in [-0.25, -0.2) is 4.98 Å². The third-order valence-corrected chi connectivity index (χ3v) is 6.41. The molecule has 0 radical (unpaired) electrons. The van der Waals surface area contributed by atoms with Crippen LogP contribution in [-0.2, 0) is 9.59 Å². The van der Waals surface area contributed by atoms with Crippen LogP contribution in [0.5, 0.6) is 0 Å². The van der Waals surface area contributed by atoms with Gasteiger partial charge in [-0.1, -0.05) is 54.6 Å². The summed E-state index contributed by atoms with van der Waals surface area (Å²) in [6.45, 7) is 1.94. The van der Waals surface area contributed by atoms with Gasteiger partial charge in [-0.2, -0.15) is 0 Å². The Balaban J connectivity index is 1.46. The van der Waals surface area contributed by atoms with Crippen molar-refractivity contribution in [2.75, 3.05) is 16.4 Å². The number of aromatic nitrogens is 1. The summed E-state index contributed by atoms with van der Waals surface area (Å²) in [5, 5.41) is 8.36. The lowest BCUT2D eigenvalue weighted by Crippen LogP contribution is -2.30. The van der Waals surface area contributed by atoms with Gasteiger partial charge in [0.25, 0.3) is 11.8 Å². The number of thioether (sulfide) groups is 1. The van der Waals surface area contributed by atoms with Gasteiger partial charge >= 0.3 is 0 Å². The molecule has 8 heteroatoms. The molecule has 4 rings (SSSR count). The highest BCUT2D eigenvalue weighted by Crippen LogP contribution is 2.22. The van der Waals surface area contributed by atoms with Crippen molar-refractivity contribution in [3.63, 3.8) is 0 Å². The number of amides is 3. The number of aryl methyl sites for hydroxylation is 1. The maximum Gasteiger partial charge on any atom is 0.272 e.